The molecule has 8 heteroatoms. The van der Waals surface area contributed by atoms with E-state index in [2.05, 4.69) is 0 Å². The predicted octanol–water partition coefficient (Wildman–Crippen LogP) is -2.76. The molecule has 0 saturated carbocycles. The van der Waals surface area contributed by atoms with Crippen molar-refractivity contribution < 1.29 is 58.9 Å². The number of rotatable bonds is 5. The van der Waals surface area contributed by atoms with E-state index in [0.717, 1.165) is 10.5 Å². The number of likely N-dealkylation sites (tertiary alicyclic amines) is 1. The molecule has 1 N–H and O–H groups in total. The molecule has 1 saturated heterocycles. The van der Waals surface area contributed by atoms with Gasteiger partial charge in [-0.15, -0.1) is 0 Å². The van der Waals surface area contributed by atoms with Gasteiger partial charge in [-0.3, -0.25) is 9.69 Å². The first-order chi connectivity index (χ1) is 10.4. The second-order valence-corrected chi connectivity index (χ2v) is 5.33. The number of carboxylic acid groups (broad SMARTS) is 2. The van der Waals surface area contributed by atoms with E-state index in [0.29, 0.717) is 0 Å². The molecule has 0 radical (unpaired) electrons. The zero-order valence-corrected chi connectivity index (χ0v) is 15.0. The van der Waals surface area contributed by atoms with Crippen molar-refractivity contribution in [2.24, 2.45) is 5.92 Å². The fourth-order valence-electron chi connectivity index (χ4n) is 2.66. The van der Waals surface area contributed by atoms with Crippen LogP contribution in [0.15, 0.2) is 30.3 Å². The monoisotopic (exact) mass is 329 g/mol. The number of carbonyl (C=O) groups is 3. The molecule has 0 unspecified atom stereocenters. The van der Waals surface area contributed by atoms with Crippen molar-refractivity contribution in [1.82, 2.24) is 4.90 Å². The van der Waals surface area contributed by atoms with Crippen LogP contribution < -0.4 is 34.7 Å². The second kappa shape index (κ2) is 7.81. The molecular formula is C15H16NNaO6. The maximum absolute atomic E-state index is 12.1. The summed E-state index contributed by atoms with van der Waals surface area (Å²) in [7, 11) is 0. The third-order valence-corrected chi connectivity index (χ3v) is 3.95. The van der Waals surface area contributed by atoms with Gasteiger partial charge in [0.15, 0.2) is 0 Å². The van der Waals surface area contributed by atoms with Crippen molar-refractivity contribution in [3.63, 3.8) is 0 Å². The number of amides is 1. The van der Waals surface area contributed by atoms with E-state index < -0.39 is 35.9 Å². The second-order valence-electron chi connectivity index (χ2n) is 5.33. The van der Waals surface area contributed by atoms with Crippen molar-refractivity contribution in [2.45, 2.75) is 25.5 Å². The smallest absolute Gasteiger partial charge is 0.548 e. The van der Waals surface area contributed by atoms with Gasteiger partial charge in [0.05, 0.1) is 12.4 Å². The average molecular weight is 329 g/mol. The summed E-state index contributed by atoms with van der Waals surface area (Å²) < 4.78 is 5.07. The molecular weight excluding hydrogens is 313 g/mol. The Kier molecular flexibility index (Phi) is 6.61. The van der Waals surface area contributed by atoms with Crippen LogP contribution >= 0.6 is 0 Å². The number of nitrogens with zero attached hydrogens (tertiary/aromatic N) is 1. The molecule has 1 aliphatic rings. The molecule has 1 aliphatic heterocycles. The summed E-state index contributed by atoms with van der Waals surface area (Å²) in [5.41, 5.74) is -1.10. The summed E-state index contributed by atoms with van der Waals surface area (Å²) in [6.45, 7) is 1.68. The van der Waals surface area contributed by atoms with Crippen molar-refractivity contribution in [2.75, 3.05) is 6.54 Å². The molecule has 2 atom stereocenters. The number of hydrogen-bond donors (Lipinski definition) is 1. The van der Waals surface area contributed by atoms with Crippen LogP contribution in [0.1, 0.15) is 18.9 Å². The van der Waals surface area contributed by atoms with Crippen molar-refractivity contribution in [3.8, 4) is 0 Å². The molecule has 0 aromatic heterocycles. The molecule has 118 valence electrons. The third-order valence-electron chi connectivity index (χ3n) is 3.95. The summed E-state index contributed by atoms with van der Waals surface area (Å²) in [6.07, 6.45) is -1.57. The fraction of sp³-hybridized carbons (Fsp3) is 0.400. The zero-order chi connectivity index (χ0) is 16.3. The summed E-state index contributed by atoms with van der Waals surface area (Å²) in [5.74, 6) is -3.40. The van der Waals surface area contributed by atoms with Crippen LogP contribution in [-0.2, 0) is 20.9 Å². The molecule has 7 nitrogen and oxygen atoms in total. The van der Waals surface area contributed by atoms with E-state index in [1.54, 1.807) is 31.2 Å². The number of benzene rings is 1. The van der Waals surface area contributed by atoms with Gasteiger partial charge in [0.2, 0.25) is 0 Å². The molecule has 1 amide bonds. The van der Waals surface area contributed by atoms with Crippen LogP contribution in [0, 0.1) is 5.92 Å². The first kappa shape index (κ1) is 19.5. The largest absolute Gasteiger partial charge is 1.00 e. The van der Waals surface area contributed by atoms with Gasteiger partial charge in [0, 0.05) is 12.5 Å². The fourth-order valence-corrected chi connectivity index (χ4v) is 2.66. The van der Waals surface area contributed by atoms with Crippen LogP contribution in [-0.4, -0.2) is 40.1 Å². The summed E-state index contributed by atoms with van der Waals surface area (Å²) >= 11 is 0. The molecule has 0 bridgehead atoms. The minimum atomic E-state index is -1.85. The van der Waals surface area contributed by atoms with Crippen LogP contribution in [0.25, 0.3) is 0 Å². The molecule has 1 fully saturated rings. The zero-order valence-electron chi connectivity index (χ0n) is 13.0. The van der Waals surface area contributed by atoms with Gasteiger partial charge >= 0.3 is 41.6 Å². The standard InChI is InChI=1S/C15H17NO6.Na/c1-10-8-16(15(10,13(19)20)7-12(17)18)14(21)22-9-11-5-3-2-4-6-11;/h2-6,10H,7-9H2,1H3,(H,17,18)(H,19,20);/q;+1/p-1/t10-,15+;/m0./s1. The van der Waals surface area contributed by atoms with Crippen LogP contribution in [0.3, 0.4) is 0 Å². The Morgan fingerprint density at radius 3 is 2.43 bits per heavy atom. The van der Waals surface area contributed by atoms with E-state index >= 15 is 0 Å². The Morgan fingerprint density at radius 2 is 1.96 bits per heavy atom. The minimum Gasteiger partial charge on any atom is -0.548 e. The third kappa shape index (κ3) is 3.85. The van der Waals surface area contributed by atoms with E-state index in [1.165, 1.54) is 0 Å². The van der Waals surface area contributed by atoms with Crippen molar-refractivity contribution >= 4 is 18.0 Å². The molecule has 1 heterocycles. The van der Waals surface area contributed by atoms with Crippen LogP contribution in [0.5, 0.6) is 0 Å². The van der Waals surface area contributed by atoms with Crippen molar-refractivity contribution in [3.05, 3.63) is 35.9 Å². The molecule has 23 heavy (non-hydrogen) atoms. The molecule has 1 aromatic carbocycles. The first-order valence-electron chi connectivity index (χ1n) is 6.79. The number of carboxylic acids is 2. The Morgan fingerprint density at radius 1 is 1.35 bits per heavy atom. The Balaban J connectivity index is 0.00000264. The normalized spacial score (nSPS) is 22.5. The van der Waals surface area contributed by atoms with Gasteiger partial charge in [0.1, 0.15) is 12.1 Å². The topological polar surface area (TPSA) is 107 Å². The Hall–Kier alpha value is -1.57. The maximum Gasteiger partial charge on any atom is 1.00 e. The minimum absolute atomic E-state index is 0. The van der Waals surface area contributed by atoms with E-state index in [9.17, 15) is 19.5 Å². The number of aliphatic carboxylic acids is 2. The Labute approximate surface area is 155 Å². The quantitative estimate of drug-likeness (QED) is 0.587. The van der Waals surface area contributed by atoms with Gasteiger partial charge in [-0.05, 0) is 5.56 Å². The summed E-state index contributed by atoms with van der Waals surface area (Å²) in [5, 5.41) is 20.3. The molecule has 0 aliphatic carbocycles. The molecule has 2 rings (SSSR count). The number of hydrogen-bond acceptors (Lipinski definition) is 5. The van der Waals surface area contributed by atoms with E-state index in [4.69, 9.17) is 9.84 Å². The van der Waals surface area contributed by atoms with E-state index in [1.807, 2.05) is 6.07 Å². The summed E-state index contributed by atoms with van der Waals surface area (Å²) in [4.78, 5) is 35.3. The van der Waals surface area contributed by atoms with Crippen molar-refractivity contribution in [1.29, 1.82) is 0 Å². The first-order valence-corrected chi connectivity index (χ1v) is 6.79. The Bertz CT molecular complexity index is 593. The van der Waals surface area contributed by atoms with Crippen LogP contribution in [0.4, 0.5) is 4.79 Å². The maximum atomic E-state index is 12.1. The van der Waals surface area contributed by atoms with Crippen LogP contribution in [0.2, 0.25) is 0 Å². The van der Waals surface area contributed by atoms with Gasteiger partial charge in [-0.1, -0.05) is 37.3 Å². The summed E-state index contributed by atoms with van der Waals surface area (Å²) in [6, 6.07) is 8.90. The average Bonchev–Trinajstić information content (AvgIpc) is 2.48. The number of carbonyl (C=O) groups excluding carboxylic acids is 2. The van der Waals surface area contributed by atoms with Gasteiger partial charge in [-0.2, -0.15) is 0 Å². The SMILES string of the molecule is C[C@H]1CN(C(=O)OCc2ccccc2)[C@@]1(CC(=O)O)C(=O)[O-].[Na+]. The van der Waals surface area contributed by atoms with E-state index in [-0.39, 0.29) is 42.7 Å². The van der Waals surface area contributed by atoms with Gasteiger partial charge < -0.3 is 19.7 Å². The predicted molar refractivity (Wildman–Crippen MR) is 72.5 cm³/mol. The number of ether oxygens (including phenoxy) is 1. The molecule has 1 aromatic rings. The van der Waals surface area contributed by atoms with Gasteiger partial charge in [0.25, 0.3) is 0 Å². The van der Waals surface area contributed by atoms with Gasteiger partial charge in [-0.25, -0.2) is 4.79 Å². The molecule has 0 spiro atoms.